The van der Waals surface area contributed by atoms with Gasteiger partial charge in [-0.25, -0.2) is 4.99 Å². The summed E-state index contributed by atoms with van der Waals surface area (Å²) in [6.07, 6.45) is 11.1. The molecule has 1 aromatic carbocycles. The maximum atomic E-state index is 4.72. The fraction of sp³-hybridized carbons (Fsp3) is 0.421. The first kappa shape index (κ1) is 15.7. The average molecular weight is 310 g/mol. The highest BCUT2D eigenvalue weighted by Crippen LogP contribution is 2.18. The third kappa shape index (κ3) is 4.38. The van der Waals surface area contributed by atoms with Crippen LogP contribution in [0.3, 0.4) is 0 Å². The molecule has 0 aromatic heterocycles. The van der Waals surface area contributed by atoms with E-state index in [1.54, 1.807) is 0 Å². The molecule has 0 unspecified atom stereocenters. The summed E-state index contributed by atoms with van der Waals surface area (Å²) in [6.45, 7) is 5.71. The zero-order chi connectivity index (χ0) is 15.9. The Morgan fingerprint density at radius 3 is 2.43 bits per heavy atom. The minimum Gasteiger partial charge on any atom is -0.364 e. The summed E-state index contributed by atoms with van der Waals surface area (Å²) in [5.41, 5.74) is 2.52. The van der Waals surface area contributed by atoms with E-state index < -0.39 is 0 Å². The van der Waals surface area contributed by atoms with Crippen LogP contribution in [-0.4, -0.2) is 31.6 Å². The van der Waals surface area contributed by atoms with Gasteiger partial charge in [0.25, 0.3) is 0 Å². The van der Waals surface area contributed by atoms with Crippen molar-refractivity contribution in [2.24, 2.45) is 4.99 Å². The highest BCUT2D eigenvalue weighted by Gasteiger charge is 2.11. The van der Waals surface area contributed by atoms with Gasteiger partial charge in [0.2, 0.25) is 0 Å². The van der Waals surface area contributed by atoms with Crippen molar-refractivity contribution in [1.29, 1.82) is 0 Å². The largest absolute Gasteiger partial charge is 0.364 e. The molecule has 1 aliphatic heterocycles. The number of aliphatic imine (C=N–C) groups is 1. The average Bonchev–Trinajstić information content (AvgIpc) is 3.27. The number of benzene rings is 1. The molecule has 0 bridgehead atoms. The van der Waals surface area contributed by atoms with E-state index in [9.17, 15) is 0 Å². The number of guanidine groups is 1. The molecule has 3 rings (SSSR count). The monoisotopic (exact) mass is 310 g/mol. The van der Waals surface area contributed by atoms with E-state index in [1.807, 2.05) is 0 Å². The first-order valence-electron chi connectivity index (χ1n) is 8.54. The number of rotatable bonds is 5. The Kier molecular flexibility index (Phi) is 5.35. The van der Waals surface area contributed by atoms with E-state index in [2.05, 4.69) is 71.0 Å². The molecule has 0 amide bonds. The van der Waals surface area contributed by atoms with Gasteiger partial charge in [0.15, 0.2) is 5.96 Å². The van der Waals surface area contributed by atoms with E-state index >= 15 is 0 Å². The molecule has 2 N–H and O–H groups in total. The molecule has 0 atom stereocenters. The highest BCUT2D eigenvalue weighted by atomic mass is 15.2. The minimum atomic E-state index is 0.484. The maximum Gasteiger partial charge on any atom is 0.191 e. The first-order valence-corrected chi connectivity index (χ1v) is 8.54. The fourth-order valence-corrected chi connectivity index (χ4v) is 2.92. The van der Waals surface area contributed by atoms with E-state index in [4.69, 9.17) is 4.99 Å². The lowest BCUT2D eigenvalue weighted by Gasteiger charge is -2.18. The van der Waals surface area contributed by atoms with Gasteiger partial charge in [0, 0.05) is 31.4 Å². The predicted molar refractivity (Wildman–Crippen MR) is 97.9 cm³/mol. The van der Waals surface area contributed by atoms with Crippen LogP contribution in [0.5, 0.6) is 0 Å². The van der Waals surface area contributed by atoms with Crippen molar-refractivity contribution in [3.8, 4) is 0 Å². The highest BCUT2D eigenvalue weighted by molar-refractivity contribution is 5.80. The lowest BCUT2D eigenvalue weighted by Crippen LogP contribution is -2.42. The Balaban J connectivity index is 1.57. The lowest BCUT2D eigenvalue weighted by molar-refractivity contribution is 0.633. The van der Waals surface area contributed by atoms with Gasteiger partial charge in [-0.15, -0.1) is 0 Å². The molecule has 23 heavy (non-hydrogen) atoms. The van der Waals surface area contributed by atoms with Gasteiger partial charge in [0.05, 0.1) is 6.54 Å². The molecule has 0 saturated heterocycles. The van der Waals surface area contributed by atoms with Crippen molar-refractivity contribution in [2.75, 3.05) is 24.5 Å². The Labute approximate surface area is 139 Å². The van der Waals surface area contributed by atoms with E-state index in [0.29, 0.717) is 12.6 Å². The fourth-order valence-electron chi connectivity index (χ4n) is 2.92. The van der Waals surface area contributed by atoms with Crippen LogP contribution in [0.2, 0.25) is 0 Å². The second kappa shape index (κ2) is 7.86. The molecular formula is C19H26N4. The van der Waals surface area contributed by atoms with Crippen molar-refractivity contribution in [3.63, 3.8) is 0 Å². The zero-order valence-electron chi connectivity index (χ0n) is 13.8. The van der Waals surface area contributed by atoms with Crippen LogP contribution in [0.1, 0.15) is 25.3 Å². The van der Waals surface area contributed by atoms with E-state index in [1.165, 1.54) is 11.3 Å². The number of anilines is 1. The van der Waals surface area contributed by atoms with E-state index in [-0.39, 0.29) is 0 Å². The molecule has 4 nitrogen and oxygen atoms in total. The molecule has 1 aromatic rings. The summed E-state index contributed by atoms with van der Waals surface area (Å²) < 4.78 is 0. The van der Waals surface area contributed by atoms with Gasteiger partial charge >= 0.3 is 0 Å². The molecule has 2 aliphatic rings. The van der Waals surface area contributed by atoms with Gasteiger partial charge in [-0.2, -0.15) is 0 Å². The molecular weight excluding hydrogens is 284 g/mol. The number of nitrogens with one attached hydrogen (secondary N) is 2. The normalized spacial score (nSPS) is 18.0. The van der Waals surface area contributed by atoms with Crippen LogP contribution in [0.25, 0.3) is 0 Å². The van der Waals surface area contributed by atoms with Gasteiger partial charge in [0.1, 0.15) is 0 Å². The second-order valence-electron chi connectivity index (χ2n) is 6.02. The van der Waals surface area contributed by atoms with Crippen LogP contribution in [0, 0.1) is 0 Å². The molecule has 0 saturated carbocycles. The molecule has 4 heteroatoms. The number of nitrogens with zero attached hydrogens (tertiary/aromatic N) is 2. The third-order valence-electron chi connectivity index (χ3n) is 4.23. The summed E-state index contributed by atoms with van der Waals surface area (Å²) in [4.78, 5) is 7.07. The summed E-state index contributed by atoms with van der Waals surface area (Å²) >= 11 is 0. The predicted octanol–water partition coefficient (Wildman–Crippen LogP) is 2.84. The van der Waals surface area contributed by atoms with Crippen LogP contribution in [0.4, 0.5) is 5.69 Å². The summed E-state index contributed by atoms with van der Waals surface area (Å²) in [6, 6.07) is 9.23. The van der Waals surface area contributed by atoms with Crippen molar-refractivity contribution in [2.45, 2.75) is 32.4 Å². The zero-order valence-corrected chi connectivity index (χ0v) is 13.8. The van der Waals surface area contributed by atoms with Crippen molar-refractivity contribution in [3.05, 3.63) is 54.1 Å². The standard InChI is InChI=1S/C19H26N4/c1-2-20-19(22-17-7-3-4-8-17)21-15-16-9-11-18(12-10-16)23-13-5-6-14-23/h3-6,9-12,17H,2,7-8,13-15H2,1H3,(H2,20,21,22). The molecule has 0 radical (unpaired) electrons. The van der Waals surface area contributed by atoms with Gasteiger partial charge < -0.3 is 15.5 Å². The Hall–Kier alpha value is -2.23. The van der Waals surface area contributed by atoms with E-state index in [0.717, 1.165) is 38.4 Å². The Bertz CT molecular complexity index is 570. The lowest BCUT2D eigenvalue weighted by atomic mass is 10.2. The number of hydrogen-bond donors (Lipinski definition) is 2. The molecule has 122 valence electrons. The smallest absolute Gasteiger partial charge is 0.191 e. The Morgan fingerprint density at radius 1 is 1.09 bits per heavy atom. The Morgan fingerprint density at radius 2 is 1.78 bits per heavy atom. The number of hydrogen-bond acceptors (Lipinski definition) is 2. The topological polar surface area (TPSA) is 39.7 Å². The van der Waals surface area contributed by atoms with Crippen molar-refractivity contribution in [1.82, 2.24) is 10.6 Å². The molecule has 1 aliphatic carbocycles. The molecule has 0 spiro atoms. The summed E-state index contributed by atoms with van der Waals surface area (Å²) in [7, 11) is 0. The molecule has 0 fully saturated rings. The molecule has 1 heterocycles. The van der Waals surface area contributed by atoms with Crippen molar-refractivity contribution >= 4 is 11.6 Å². The van der Waals surface area contributed by atoms with Crippen LogP contribution in [0.15, 0.2) is 53.6 Å². The minimum absolute atomic E-state index is 0.484. The summed E-state index contributed by atoms with van der Waals surface area (Å²) in [5.74, 6) is 0.911. The van der Waals surface area contributed by atoms with Gasteiger partial charge in [-0.05, 0) is 37.5 Å². The maximum absolute atomic E-state index is 4.72. The second-order valence-corrected chi connectivity index (χ2v) is 6.02. The van der Waals surface area contributed by atoms with Crippen LogP contribution in [-0.2, 0) is 6.54 Å². The van der Waals surface area contributed by atoms with Crippen molar-refractivity contribution < 1.29 is 0 Å². The first-order chi connectivity index (χ1) is 11.3. The third-order valence-corrected chi connectivity index (χ3v) is 4.23. The van der Waals surface area contributed by atoms with Gasteiger partial charge in [-0.1, -0.05) is 36.4 Å². The van der Waals surface area contributed by atoms with Crippen LogP contribution < -0.4 is 15.5 Å². The quantitative estimate of drug-likeness (QED) is 0.499. The SMILES string of the molecule is CCNC(=NCc1ccc(N2CC=CC2)cc1)NC1CC=CC1. The van der Waals surface area contributed by atoms with Gasteiger partial charge in [-0.3, -0.25) is 0 Å². The summed E-state index contributed by atoms with van der Waals surface area (Å²) in [5, 5.41) is 6.83. The van der Waals surface area contributed by atoms with Crippen LogP contribution >= 0.6 is 0 Å².